The normalized spacial score (nSPS) is 16.2. The number of morpholine rings is 1. The summed E-state index contributed by atoms with van der Waals surface area (Å²) in [6.07, 6.45) is 1.04. The van der Waals surface area contributed by atoms with Gasteiger partial charge in [0.15, 0.2) is 10.6 Å². The highest BCUT2D eigenvalue weighted by Gasteiger charge is 2.14. The zero-order chi connectivity index (χ0) is 18.5. The van der Waals surface area contributed by atoms with E-state index in [-0.39, 0.29) is 5.78 Å². The summed E-state index contributed by atoms with van der Waals surface area (Å²) in [5.74, 6) is 0.111. The lowest BCUT2D eigenvalue weighted by atomic mass is 10.2. The third-order valence-corrected chi connectivity index (χ3v) is 5.98. The van der Waals surface area contributed by atoms with Gasteiger partial charge in [-0.25, -0.2) is 4.99 Å². The Balaban J connectivity index is 1.82. The van der Waals surface area contributed by atoms with Gasteiger partial charge in [0.05, 0.1) is 23.8 Å². The van der Waals surface area contributed by atoms with Gasteiger partial charge in [0.1, 0.15) is 0 Å². The third kappa shape index (κ3) is 4.69. The van der Waals surface area contributed by atoms with E-state index in [0.29, 0.717) is 0 Å². The number of carbonyl (C=O) groups excluding carboxylic acids is 1. The predicted molar refractivity (Wildman–Crippen MR) is 105 cm³/mol. The number of hydrogen-bond donors (Lipinski definition) is 0. The number of aromatic nitrogens is 1. The summed E-state index contributed by atoms with van der Waals surface area (Å²) in [6, 6.07) is 8.17. The van der Waals surface area contributed by atoms with Gasteiger partial charge in [0.25, 0.3) is 0 Å². The summed E-state index contributed by atoms with van der Waals surface area (Å²) < 4.78 is 7.61. The maximum absolute atomic E-state index is 12.0. The van der Waals surface area contributed by atoms with Crippen LogP contribution in [0.15, 0.2) is 29.3 Å². The van der Waals surface area contributed by atoms with Crippen molar-refractivity contribution in [3.05, 3.63) is 45.2 Å². The Hall–Kier alpha value is -1.76. The Bertz CT molecular complexity index is 815. The van der Waals surface area contributed by atoms with Crippen LogP contribution in [0.25, 0.3) is 0 Å². The van der Waals surface area contributed by atoms with Gasteiger partial charge in [-0.05, 0) is 32.4 Å². The molecule has 1 aliphatic heterocycles. The summed E-state index contributed by atoms with van der Waals surface area (Å²) in [7, 11) is 0. The van der Waals surface area contributed by atoms with Crippen molar-refractivity contribution >= 4 is 22.8 Å². The van der Waals surface area contributed by atoms with Gasteiger partial charge in [-0.1, -0.05) is 29.0 Å². The fourth-order valence-electron chi connectivity index (χ4n) is 3.17. The maximum Gasteiger partial charge on any atom is 0.190 e. The number of aryl methyl sites for hydroxylation is 1. The first-order chi connectivity index (χ1) is 12.5. The highest BCUT2D eigenvalue weighted by Crippen LogP contribution is 2.16. The first-order valence-electron chi connectivity index (χ1n) is 9.17. The number of Topliss-reactive ketones (excluding diaryl/α,β-unsaturated/α-hetero) is 1. The number of thiazole rings is 1. The minimum Gasteiger partial charge on any atom is -0.379 e. The molecule has 0 spiro atoms. The lowest BCUT2D eigenvalue weighted by Gasteiger charge is -2.26. The van der Waals surface area contributed by atoms with E-state index in [1.807, 2.05) is 19.1 Å². The largest absolute Gasteiger partial charge is 0.379 e. The molecule has 0 radical (unpaired) electrons. The molecule has 2 aromatic rings. The molecule has 0 N–H and O–H groups in total. The van der Waals surface area contributed by atoms with E-state index in [1.165, 1.54) is 16.9 Å². The Kier molecular flexibility index (Phi) is 6.40. The van der Waals surface area contributed by atoms with Gasteiger partial charge in [-0.3, -0.25) is 9.69 Å². The molecule has 1 aromatic carbocycles. The molecule has 5 nitrogen and oxygen atoms in total. The molecular formula is C20H27N3O2S. The smallest absolute Gasteiger partial charge is 0.190 e. The number of nitrogens with zero attached hydrogens (tertiary/aromatic N) is 3. The highest BCUT2D eigenvalue weighted by molar-refractivity contribution is 7.11. The molecule has 3 rings (SSSR count). The van der Waals surface area contributed by atoms with Crippen LogP contribution in [0.2, 0.25) is 0 Å². The van der Waals surface area contributed by atoms with Crippen LogP contribution in [0.5, 0.6) is 0 Å². The molecule has 1 fully saturated rings. The van der Waals surface area contributed by atoms with Crippen LogP contribution in [-0.4, -0.2) is 48.1 Å². The molecule has 2 heterocycles. The molecule has 0 atom stereocenters. The fraction of sp³-hybridized carbons (Fsp3) is 0.500. The lowest BCUT2D eigenvalue weighted by Crippen LogP contribution is -2.37. The van der Waals surface area contributed by atoms with E-state index < -0.39 is 0 Å². The van der Waals surface area contributed by atoms with Gasteiger partial charge in [-0.15, -0.1) is 0 Å². The summed E-state index contributed by atoms with van der Waals surface area (Å²) in [5, 5.41) is 0. The zero-order valence-electron chi connectivity index (χ0n) is 15.8. The molecular weight excluding hydrogens is 346 g/mol. The number of ketones is 1. The first kappa shape index (κ1) is 19.0. The van der Waals surface area contributed by atoms with E-state index in [1.54, 1.807) is 6.92 Å². The monoisotopic (exact) mass is 373 g/mol. The number of benzene rings is 1. The average molecular weight is 374 g/mol. The Morgan fingerprint density at radius 2 is 1.85 bits per heavy atom. The van der Waals surface area contributed by atoms with Gasteiger partial charge in [0.2, 0.25) is 0 Å². The molecule has 0 unspecified atom stereocenters. The van der Waals surface area contributed by atoms with Crippen LogP contribution < -0.4 is 4.80 Å². The van der Waals surface area contributed by atoms with Crippen molar-refractivity contribution < 1.29 is 9.53 Å². The maximum atomic E-state index is 12.0. The van der Waals surface area contributed by atoms with Crippen LogP contribution in [0.4, 0.5) is 5.69 Å². The lowest BCUT2D eigenvalue weighted by molar-refractivity contribution is 0.0369. The molecule has 1 aromatic heterocycles. The van der Waals surface area contributed by atoms with Gasteiger partial charge >= 0.3 is 0 Å². The fourth-order valence-corrected chi connectivity index (χ4v) is 4.24. The van der Waals surface area contributed by atoms with E-state index in [2.05, 4.69) is 28.5 Å². The molecule has 0 bridgehead atoms. The predicted octanol–water partition coefficient (Wildman–Crippen LogP) is 3.32. The Labute approximate surface area is 158 Å². The van der Waals surface area contributed by atoms with Crippen molar-refractivity contribution in [1.29, 1.82) is 0 Å². The zero-order valence-corrected chi connectivity index (χ0v) is 16.6. The minimum absolute atomic E-state index is 0.111. The van der Waals surface area contributed by atoms with Crippen molar-refractivity contribution in [3.8, 4) is 0 Å². The quantitative estimate of drug-likeness (QED) is 0.730. The summed E-state index contributed by atoms with van der Waals surface area (Å²) in [4.78, 5) is 20.9. The number of ether oxygens (including phenoxy) is 1. The molecule has 1 saturated heterocycles. The van der Waals surface area contributed by atoms with E-state index in [9.17, 15) is 4.79 Å². The van der Waals surface area contributed by atoms with Crippen LogP contribution in [-0.2, 0) is 11.3 Å². The van der Waals surface area contributed by atoms with Crippen molar-refractivity contribution in [2.24, 2.45) is 4.99 Å². The second-order valence-electron chi connectivity index (χ2n) is 6.76. The summed E-state index contributed by atoms with van der Waals surface area (Å²) >= 11 is 1.49. The van der Waals surface area contributed by atoms with Crippen LogP contribution in [0, 0.1) is 13.8 Å². The second kappa shape index (κ2) is 8.75. The van der Waals surface area contributed by atoms with Crippen LogP contribution >= 0.6 is 11.3 Å². The van der Waals surface area contributed by atoms with E-state index in [0.717, 1.165) is 66.9 Å². The van der Waals surface area contributed by atoms with Crippen molar-refractivity contribution in [2.75, 3.05) is 32.8 Å². The van der Waals surface area contributed by atoms with Gasteiger partial charge in [-0.2, -0.15) is 0 Å². The van der Waals surface area contributed by atoms with Crippen molar-refractivity contribution in [1.82, 2.24) is 9.47 Å². The van der Waals surface area contributed by atoms with Crippen molar-refractivity contribution in [3.63, 3.8) is 0 Å². The van der Waals surface area contributed by atoms with Gasteiger partial charge in [0, 0.05) is 38.8 Å². The van der Waals surface area contributed by atoms with Crippen LogP contribution in [0.3, 0.4) is 0 Å². The first-order valence-corrected chi connectivity index (χ1v) is 9.99. The van der Waals surface area contributed by atoms with E-state index in [4.69, 9.17) is 9.73 Å². The van der Waals surface area contributed by atoms with Crippen LogP contribution in [0.1, 0.15) is 34.3 Å². The second-order valence-corrected chi connectivity index (χ2v) is 7.74. The SMILES string of the molecule is CC(=O)c1sc(=Nc2ccc(C)cc2)n(CCCN2CCOCC2)c1C. The van der Waals surface area contributed by atoms with E-state index >= 15 is 0 Å². The summed E-state index contributed by atoms with van der Waals surface area (Å²) in [6.45, 7) is 11.3. The molecule has 6 heteroatoms. The molecule has 0 aliphatic carbocycles. The molecule has 0 saturated carbocycles. The van der Waals surface area contributed by atoms with Crippen molar-refractivity contribution in [2.45, 2.75) is 33.7 Å². The molecule has 0 amide bonds. The Morgan fingerprint density at radius 1 is 1.15 bits per heavy atom. The molecule has 26 heavy (non-hydrogen) atoms. The molecule has 1 aliphatic rings. The molecule has 140 valence electrons. The topological polar surface area (TPSA) is 46.8 Å². The Morgan fingerprint density at radius 3 is 2.50 bits per heavy atom. The van der Waals surface area contributed by atoms with Gasteiger partial charge < -0.3 is 9.30 Å². The summed E-state index contributed by atoms with van der Waals surface area (Å²) in [5.41, 5.74) is 3.17. The number of hydrogen-bond acceptors (Lipinski definition) is 5. The number of carbonyl (C=O) groups is 1. The standard InChI is InChI=1S/C20H27N3O2S/c1-15-5-7-18(8-6-15)21-20-23(16(2)19(26-20)17(3)24)10-4-9-22-11-13-25-14-12-22/h5-8H,4,9-14H2,1-3H3. The minimum atomic E-state index is 0.111. The highest BCUT2D eigenvalue weighted by atomic mass is 32.1. The number of rotatable bonds is 6. The average Bonchev–Trinajstić information content (AvgIpc) is 2.94. The third-order valence-electron chi connectivity index (χ3n) is 4.70.